The van der Waals surface area contributed by atoms with Gasteiger partial charge >= 0.3 is 0 Å². The zero-order valence-corrected chi connectivity index (χ0v) is 13.8. The molecule has 6 heteroatoms. The number of carbonyl (C=O) groups is 2. The number of aromatic nitrogens is 2. The lowest BCUT2D eigenvalue weighted by atomic mass is 10.2. The van der Waals surface area contributed by atoms with E-state index in [0.29, 0.717) is 18.7 Å². The molecule has 1 saturated heterocycles. The summed E-state index contributed by atoms with van der Waals surface area (Å²) in [6.07, 6.45) is 6.46. The minimum Gasteiger partial charge on any atom is -0.331 e. The number of benzene rings is 1. The van der Waals surface area contributed by atoms with Gasteiger partial charge in [-0.05, 0) is 43.5 Å². The predicted octanol–water partition coefficient (Wildman–Crippen LogP) is 2.60. The average Bonchev–Trinajstić information content (AvgIpc) is 3.27. The summed E-state index contributed by atoms with van der Waals surface area (Å²) in [5.74, 6) is -0.0463. The van der Waals surface area contributed by atoms with E-state index in [4.69, 9.17) is 0 Å². The van der Waals surface area contributed by atoms with E-state index in [2.05, 4.69) is 10.4 Å². The van der Waals surface area contributed by atoms with E-state index in [-0.39, 0.29) is 17.9 Å². The summed E-state index contributed by atoms with van der Waals surface area (Å²) in [5.41, 5.74) is 1.59. The van der Waals surface area contributed by atoms with E-state index in [1.807, 2.05) is 43.5 Å². The highest BCUT2D eigenvalue weighted by Gasteiger charge is 2.33. The van der Waals surface area contributed by atoms with Gasteiger partial charge in [-0.1, -0.05) is 13.0 Å². The van der Waals surface area contributed by atoms with Gasteiger partial charge in [0, 0.05) is 31.0 Å². The lowest BCUT2D eigenvalue weighted by Gasteiger charge is -2.24. The highest BCUT2D eigenvalue weighted by molar-refractivity contribution is 5.97. The summed E-state index contributed by atoms with van der Waals surface area (Å²) in [7, 11) is 0. The van der Waals surface area contributed by atoms with Gasteiger partial charge in [0.25, 0.3) is 0 Å². The van der Waals surface area contributed by atoms with Gasteiger partial charge in [0.2, 0.25) is 11.8 Å². The van der Waals surface area contributed by atoms with Gasteiger partial charge in [0.15, 0.2) is 0 Å². The number of nitrogens with zero attached hydrogens (tertiary/aromatic N) is 3. The molecule has 2 aromatic rings. The molecule has 0 aliphatic carbocycles. The minimum atomic E-state index is -0.364. The standard InChI is InChI=1S/C18H22N4O2/c1-2-6-17(23)21-11-4-9-16(21)18(24)20-14-7-3-8-15(13-14)22-12-5-10-19-22/h3,5,7-8,10,12-13,16H,2,4,6,9,11H2,1H3,(H,20,24)/t16-/m1/s1. The number of hydrogen-bond acceptors (Lipinski definition) is 3. The molecule has 126 valence electrons. The van der Waals surface area contributed by atoms with Gasteiger partial charge in [-0.15, -0.1) is 0 Å². The molecule has 0 saturated carbocycles. The Labute approximate surface area is 141 Å². The van der Waals surface area contributed by atoms with Crippen molar-refractivity contribution in [3.05, 3.63) is 42.7 Å². The topological polar surface area (TPSA) is 67.2 Å². The third kappa shape index (κ3) is 3.48. The molecule has 3 rings (SSSR count). The Morgan fingerprint density at radius 1 is 1.33 bits per heavy atom. The lowest BCUT2D eigenvalue weighted by Crippen LogP contribution is -2.43. The summed E-state index contributed by atoms with van der Waals surface area (Å²) < 4.78 is 1.74. The average molecular weight is 326 g/mol. The van der Waals surface area contributed by atoms with Crippen LogP contribution in [-0.4, -0.2) is 39.1 Å². The zero-order chi connectivity index (χ0) is 16.9. The summed E-state index contributed by atoms with van der Waals surface area (Å²) >= 11 is 0. The van der Waals surface area contributed by atoms with Crippen LogP contribution in [0.5, 0.6) is 0 Å². The van der Waals surface area contributed by atoms with E-state index >= 15 is 0 Å². The van der Waals surface area contributed by atoms with Gasteiger partial charge in [0.1, 0.15) is 6.04 Å². The zero-order valence-electron chi connectivity index (χ0n) is 13.8. The number of anilines is 1. The fourth-order valence-electron chi connectivity index (χ4n) is 3.07. The quantitative estimate of drug-likeness (QED) is 0.918. The van der Waals surface area contributed by atoms with Gasteiger partial charge in [-0.2, -0.15) is 5.10 Å². The molecular weight excluding hydrogens is 304 g/mol. The van der Waals surface area contributed by atoms with Crippen LogP contribution < -0.4 is 5.32 Å². The van der Waals surface area contributed by atoms with Crippen LogP contribution in [0.3, 0.4) is 0 Å². The second-order valence-electron chi connectivity index (χ2n) is 5.99. The number of carbonyl (C=O) groups excluding carboxylic acids is 2. The first kappa shape index (κ1) is 16.2. The van der Waals surface area contributed by atoms with Crippen molar-refractivity contribution in [1.82, 2.24) is 14.7 Å². The molecule has 1 aromatic heterocycles. The van der Waals surface area contributed by atoms with Crippen LogP contribution in [0.15, 0.2) is 42.7 Å². The first-order valence-corrected chi connectivity index (χ1v) is 8.39. The van der Waals surface area contributed by atoms with E-state index in [0.717, 1.165) is 24.9 Å². The normalized spacial score (nSPS) is 17.0. The molecule has 0 radical (unpaired) electrons. The Morgan fingerprint density at radius 3 is 2.96 bits per heavy atom. The maximum atomic E-state index is 12.6. The third-order valence-electron chi connectivity index (χ3n) is 4.22. The summed E-state index contributed by atoms with van der Waals surface area (Å²) in [6.45, 7) is 2.65. The molecule has 2 amide bonds. The third-order valence-corrected chi connectivity index (χ3v) is 4.22. The SMILES string of the molecule is CCCC(=O)N1CCC[C@@H]1C(=O)Nc1cccc(-n2cccn2)c1. The van der Waals surface area contributed by atoms with Crippen molar-refractivity contribution in [2.24, 2.45) is 0 Å². The second kappa shape index (κ2) is 7.29. The fraction of sp³-hybridized carbons (Fsp3) is 0.389. The first-order chi connectivity index (χ1) is 11.7. The van der Waals surface area contributed by atoms with Crippen LogP contribution in [0.2, 0.25) is 0 Å². The Hall–Kier alpha value is -2.63. The molecule has 0 spiro atoms. The molecule has 1 aliphatic rings. The molecule has 6 nitrogen and oxygen atoms in total. The second-order valence-corrected chi connectivity index (χ2v) is 5.99. The summed E-state index contributed by atoms with van der Waals surface area (Å²) in [5, 5.41) is 7.13. The molecule has 24 heavy (non-hydrogen) atoms. The molecule has 1 fully saturated rings. The number of amides is 2. The fourth-order valence-corrected chi connectivity index (χ4v) is 3.07. The summed E-state index contributed by atoms with van der Waals surface area (Å²) in [6, 6.07) is 9.01. The van der Waals surface area contributed by atoms with E-state index in [1.165, 1.54) is 0 Å². The van der Waals surface area contributed by atoms with Crippen LogP contribution in [0.1, 0.15) is 32.6 Å². The maximum absolute atomic E-state index is 12.6. The smallest absolute Gasteiger partial charge is 0.247 e. The van der Waals surface area contributed by atoms with Crippen LogP contribution in [0.25, 0.3) is 5.69 Å². The Balaban J connectivity index is 1.70. The monoisotopic (exact) mass is 326 g/mol. The molecule has 1 atom stereocenters. The molecule has 1 aromatic carbocycles. The summed E-state index contributed by atoms with van der Waals surface area (Å²) in [4.78, 5) is 26.5. The number of rotatable bonds is 5. The minimum absolute atomic E-state index is 0.0699. The molecule has 0 unspecified atom stereocenters. The lowest BCUT2D eigenvalue weighted by molar-refractivity contribution is -0.136. The molecular formula is C18H22N4O2. The van der Waals surface area contributed by atoms with Crippen molar-refractivity contribution in [2.45, 2.75) is 38.6 Å². The predicted molar refractivity (Wildman–Crippen MR) is 91.8 cm³/mol. The Kier molecular flexibility index (Phi) is 4.93. The highest BCUT2D eigenvalue weighted by Crippen LogP contribution is 2.21. The van der Waals surface area contributed by atoms with Crippen LogP contribution in [0, 0.1) is 0 Å². The molecule has 0 bridgehead atoms. The Bertz CT molecular complexity index is 712. The van der Waals surface area contributed by atoms with Gasteiger partial charge in [0.05, 0.1) is 5.69 Å². The highest BCUT2D eigenvalue weighted by atomic mass is 16.2. The van der Waals surface area contributed by atoms with Crippen LogP contribution in [0.4, 0.5) is 5.69 Å². The number of hydrogen-bond donors (Lipinski definition) is 1. The maximum Gasteiger partial charge on any atom is 0.247 e. The molecule has 2 heterocycles. The van der Waals surface area contributed by atoms with E-state index < -0.39 is 0 Å². The first-order valence-electron chi connectivity index (χ1n) is 8.39. The van der Waals surface area contributed by atoms with E-state index in [1.54, 1.807) is 15.8 Å². The Morgan fingerprint density at radius 2 is 2.21 bits per heavy atom. The van der Waals surface area contributed by atoms with Crippen LogP contribution in [-0.2, 0) is 9.59 Å². The van der Waals surface area contributed by atoms with Crippen molar-refractivity contribution in [3.63, 3.8) is 0 Å². The van der Waals surface area contributed by atoms with Crippen molar-refractivity contribution in [2.75, 3.05) is 11.9 Å². The van der Waals surface area contributed by atoms with Crippen molar-refractivity contribution < 1.29 is 9.59 Å². The van der Waals surface area contributed by atoms with Crippen molar-refractivity contribution in [1.29, 1.82) is 0 Å². The number of nitrogens with one attached hydrogen (secondary N) is 1. The van der Waals surface area contributed by atoms with Gasteiger partial charge in [-0.25, -0.2) is 4.68 Å². The van der Waals surface area contributed by atoms with Gasteiger partial charge in [-0.3, -0.25) is 9.59 Å². The van der Waals surface area contributed by atoms with Gasteiger partial charge < -0.3 is 10.2 Å². The van der Waals surface area contributed by atoms with Crippen LogP contribution >= 0.6 is 0 Å². The van der Waals surface area contributed by atoms with Crippen molar-refractivity contribution >= 4 is 17.5 Å². The largest absolute Gasteiger partial charge is 0.331 e. The molecule has 1 N–H and O–H groups in total. The van der Waals surface area contributed by atoms with Crippen molar-refractivity contribution in [3.8, 4) is 5.69 Å². The number of likely N-dealkylation sites (tertiary alicyclic amines) is 1. The van der Waals surface area contributed by atoms with E-state index in [9.17, 15) is 9.59 Å². The molecule has 1 aliphatic heterocycles.